The van der Waals surface area contributed by atoms with Crippen LogP contribution in [0.2, 0.25) is 0 Å². The lowest BCUT2D eigenvalue weighted by Gasteiger charge is -2.26. The van der Waals surface area contributed by atoms with E-state index in [1.807, 2.05) is 13.0 Å². The van der Waals surface area contributed by atoms with Gasteiger partial charge < -0.3 is 15.6 Å². The number of rotatable bonds is 5. The Morgan fingerprint density at radius 2 is 1.79 bits per heavy atom. The first-order valence-corrected chi connectivity index (χ1v) is 9.74. The number of carbonyl (C=O) groups is 2. The van der Waals surface area contributed by atoms with E-state index >= 15 is 0 Å². The Balaban J connectivity index is 1.76. The molecule has 0 bridgehead atoms. The molecule has 2 amide bonds. The first-order valence-electron chi connectivity index (χ1n) is 9.74. The zero-order valence-electron chi connectivity index (χ0n) is 16.6. The highest BCUT2D eigenvalue weighted by molar-refractivity contribution is 6.03. The molecule has 29 heavy (non-hydrogen) atoms. The van der Waals surface area contributed by atoms with Gasteiger partial charge in [-0.15, -0.1) is 0 Å². The second-order valence-electron chi connectivity index (χ2n) is 7.49. The summed E-state index contributed by atoms with van der Waals surface area (Å²) in [6.45, 7) is 4.08. The quantitative estimate of drug-likeness (QED) is 0.716. The Labute approximate surface area is 168 Å². The fraction of sp³-hybridized carbons (Fsp3) is 0.364. The van der Waals surface area contributed by atoms with Gasteiger partial charge in [-0.1, -0.05) is 19.3 Å². The predicted molar refractivity (Wildman–Crippen MR) is 109 cm³/mol. The number of nitrogens with one attached hydrogen (secondary N) is 1. The number of primary amides is 1. The summed E-state index contributed by atoms with van der Waals surface area (Å²) in [4.78, 5) is 23.4. The molecule has 0 radical (unpaired) electrons. The van der Waals surface area contributed by atoms with Crippen molar-refractivity contribution < 1.29 is 18.4 Å². The average molecular weight is 401 g/mol. The van der Waals surface area contributed by atoms with Crippen LogP contribution in [0.25, 0.3) is 6.08 Å². The largest absolute Gasteiger partial charge is 0.366 e. The molecule has 1 aliphatic carbocycles. The topological polar surface area (TPSA) is 77.1 Å². The molecule has 1 aliphatic rings. The van der Waals surface area contributed by atoms with Gasteiger partial charge in [0.1, 0.15) is 11.6 Å². The van der Waals surface area contributed by atoms with Crippen LogP contribution < -0.4 is 11.1 Å². The molecule has 1 heterocycles. The van der Waals surface area contributed by atoms with Gasteiger partial charge in [0.15, 0.2) is 0 Å². The number of amides is 2. The molecule has 1 saturated carbocycles. The predicted octanol–water partition coefficient (Wildman–Crippen LogP) is 4.64. The number of aryl methyl sites for hydroxylation is 1. The highest BCUT2D eigenvalue weighted by atomic mass is 19.1. The van der Waals surface area contributed by atoms with E-state index in [1.54, 1.807) is 6.08 Å². The van der Waals surface area contributed by atoms with Crippen LogP contribution in [0.5, 0.6) is 0 Å². The third-order valence-corrected chi connectivity index (χ3v) is 5.46. The van der Waals surface area contributed by atoms with Gasteiger partial charge in [-0.25, -0.2) is 8.78 Å². The summed E-state index contributed by atoms with van der Waals surface area (Å²) in [5.41, 5.74) is 7.42. The van der Waals surface area contributed by atoms with E-state index in [9.17, 15) is 18.4 Å². The summed E-state index contributed by atoms with van der Waals surface area (Å²) in [6.07, 6.45) is 9.02. The van der Waals surface area contributed by atoms with Gasteiger partial charge in [0.05, 0.1) is 11.3 Å². The maximum absolute atomic E-state index is 13.9. The van der Waals surface area contributed by atoms with Crippen LogP contribution in [0.15, 0.2) is 24.3 Å². The molecule has 2 aromatic rings. The molecule has 0 aliphatic heterocycles. The van der Waals surface area contributed by atoms with E-state index in [1.165, 1.54) is 25.3 Å². The van der Waals surface area contributed by atoms with Crippen molar-refractivity contribution in [3.63, 3.8) is 0 Å². The van der Waals surface area contributed by atoms with Gasteiger partial charge in [-0.2, -0.15) is 0 Å². The van der Waals surface area contributed by atoms with Crippen LogP contribution in [0, 0.1) is 25.5 Å². The second kappa shape index (κ2) is 8.59. The van der Waals surface area contributed by atoms with Crippen LogP contribution in [-0.4, -0.2) is 16.4 Å². The monoisotopic (exact) mass is 401 g/mol. The molecule has 7 heteroatoms. The van der Waals surface area contributed by atoms with E-state index in [4.69, 9.17) is 5.73 Å². The normalized spacial score (nSPS) is 15.0. The Morgan fingerprint density at radius 1 is 1.10 bits per heavy atom. The van der Waals surface area contributed by atoms with Crippen LogP contribution in [-0.2, 0) is 4.79 Å². The maximum atomic E-state index is 13.9. The molecular formula is C22H25F2N3O2. The molecule has 154 valence electrons. The fourth-order valence-electron chi connectivity index (χ4n) is 4.05. The summed E-state index contributed by atoms with van der Waals surface area (Å²) in [5.74, 6) is -3.68. The number of carbonyl (C=O) groups excluding carboxylic acids is 2. The van der Waals surface area contributed by atoms with Gasteiger partial charge in [0.25, 0.3) is 5.91 Å². The summed E-state index contributed by atoms with van der Waals surface area (Å²) >= 11 is 0. The van der Waals surface area contributed by atoms with E-state index in [-0.39, 0.29) is 5.69 Å². The van der Waals surface area contributed by atoms with Crippen molar-refractivity contribution in [2.24, 2.45) is 5.73 Å². The van der Waals surface area contributed by atoms with Gasteiger partial charge >= 0.3 is 0 Å². The average Bonchev–Trinajstić information content (AvgIpc) is 2.96. The van der Waals surface area contributed by atoms with Gasteiger partial charge in [-0.05, 0) is 50.5 Å². The lowest BCUT2D eigenvalue weighted by Crippen LogP contribution is -2.16. The molecule has 0 saturated heterocycles. The van der Waals surface area contributed by atoms with E-state index < -0.39 is 29.0 Å². The molecule has 1 aromatic heterocycles. The first kappa shape index (κ1) is 20.8. The molecule has 5 nitrogen and oxygen atoms in total. The lowest BCUT2D eigenvalue weighted by molar-refractivity contribution is -0.111. The Hall–Kier alpha value is -2.96. The number of benzene rings is 1. The molecule has 3 rings (SSSR count). The highest BCUT2D eigenvalue weighted by Crippen LogP contribution is 2.32. The minimum atomic E-state index is -1.07. The summed E-state index contributed by atoms with van der Waals surface area (Å²) in [5, 5.41) is 2.33. The number of nitrogens with zero attached hydrogens (tertiary/aromatic N) is 1. The Bertz CT molecular complexity index is 973. The van der Waals surface area contributed by atoms with Crippen molar-refractivity contribution in [1.29, 1.82) is 0 Å². The van der Waals surface area contributed by atoms with Crippen LogP contribution >= 0.6 is 0 Å². The van der Waals surface area contributed by atoms with Gasteiger partial charge in [-0.3, -0.25) is 9.59 Å². The number of hydrogen-bond donors (Lipinski definition) is 2. The zero-order chi connectivity index (χ0) is 21.1. The Morgan fingerprint density at radius 3 is 2.45 bits per heavy atom. The van der Waals surface area contributed by atoms with Gasteiger partial charge in [0, 0.05) is 29.6 Å². The van der Waals surface area contributed by atoms with Crippen molar-refractivity contribution in [3.8, 4) is 0 Å². The van der Waals surface area contributed by atoms with Crippen LogP contribution in [0.4, 0.5) is 14.5 Å². The first-order chi connectivity index (χ1) is 13.8. The number of aromatic nitrogens is 1. The molecule has 1 aromatic carbocycles. The number of halogens is 2. The van der Waals surface area contributed by atoms with E-state index in [0.717, 1.165) is 35.9 Å². The molecule has 1 fully saturated rings. The summed E-state index contributed by atoms with van der Waals surface area (Å²) in [7, 11) is 0. The van der Waals surface area contributed by atoms with Crippen molar-refractivity contribution in [2.75, 3.05) is 5.32 Å². The Kier molecular flexibility index (Phi) is 6.15. The van der Waals surface area contributed by atoms with E-state index in [0.29, 0.717) is 12.1 Å². The van der Waals surface area contributed by atoms with Crippen LogP contribution in [0.1, 0.15) is 65.5 Å². The lowest BCUT2D eigenvalue weighted by atomic mass is 9.95. The third-order valence-electron chi connectivity index (χ3n) is 5.46. The van der Waals surface area contributed by atoms with Crippen molar-refractivity contribution in [1.82, 2.24) is 4.57 Å². The SMILES string of the molecule is Cc1cc(/C=C/C(=O)Nc2cc(C(N)=O)c(F)cc2F)c(C)n1C1CCCCC1. The number of hydrogen-bond acceptors (Lipinski definition) is 2. The standard InChI is InChI=1S/C22H25F2N3O2/c1-13-10-15(14(2)27(13)16-6-4-3-5-7-16)8-9-21(28)26-20-11-17(22(25)29)18(23)12-19(20)24/h8-12,16H,3-7H2,1-2H3,(H2,25,29)(H,26,28)/b9-8+. The van der Waals surface area contributed by atoms with Crippen molar-refractivity contribution in [3.05, 3.63) is 58.4 Å². The van der Waals surface area contributed by atoms with Crippen LogP contribution in [0.3, 0.4) is 0 Å². The zero-order valence-corrected chi connectivity index (χ0v) is 16.6. The second-order valence-corrected chi connectivity index (χ2v) is 7.49. The van der Waals surface area contributed by atoms with E-state index in [2.05, 4.69) is 16.8 Å². The minimum Gasteiger partial charge on any atom is -0.366 e. The highest BCUT2D eigenvalue weighted by Gasteiger charge is 2.19. The third kappa shape index (κ3) is 4.55. The molecular weight excluding hydrogens is 376 g/mol. The van der Waals surface area contributed by atoms with Crippen molar-refractivity contribution >= 4 is 23.6 Å². The molecule has 0 atom stereocenters. The number of nitrogens with two attached hydrogens (primary N) is 1. The summed E-state index contributed by atoms with van der Waals surface area (Å²) < 4.78 is 29.8. The molecule has 0 unspecified atom stereocenters. The van der Waals surface area contributed by atoms with Crippen molar-refractivity contribution in [2.45, 2.75) is 52.0 Å². The number of anilines is 1. The smallest absolute Gasteiger partial charge is 0.251 e. The summed E-state index contributed by atoms with van der Waals surface area (Å²) in [6, 6.07) is 3.93. The van der Waals surface area contributed by atoms with Gasteiger partial charge in [0.2, 0.25) is 5.91 Å². The molecule has 3 N–H and O–H groups in total. The fourth-order valence-corrected chi connectivity index (χ4v) is 4.05. The maximum Gasteiger partial charge on any atom is 0.251 e. The minimum absolute atomic E-state index is 0.303. The molecule has 0 spiro atoms.